The van der Waals surface area contributed by atoms with Crippen LogP contribution in [-0.4, -0.2) is 24.0 Å². The lowest BCUT2D eigenvalue weighted by molar-refractivity contribution is -0.123. The van der Waals surface area contributed by atoms with Crippen molar-refractivity contribution >= 4 is 17.5 Å². The van der Waals surface area contributed by atoms with Crippen LogP contribution in [0.3, 0.4) is 0 Å². The molecule has 0 aliphatic heterocycles. The number of unbranched alkanes of at least 4 members (excludes halogenated alkanes) is 13. The first-order chi connectivity index (χ1) is 15.5. The first-order valence-electron chi connectivity index (χ1n) is 13.8. The van der Waals surface area contributed by atoms with Gasteiger partial charge in [0, 0.05) is 25.3 Å². The summed E-state index contributed by atoms with van der Waals surface area (Å²) in [5.74, 6) is 1.69. The lowest BCUT2D eigenvalue weighted by Gasteiger charge is -2.27. The zero-order chi connectivity index (χ0) is 23.4. The Labute approximate surface area is 198 Å². The Morgan fingerprint density at radius 1 is 0.594 bits per heavy atom. The second-order valence-electron chi connectivity index (χ2n) is 10.3. The van der Waals surface area contributed by atoms with E-state index in [1.807, 2.05) is 0 Å². The van der Waals surface area contributed by atoms with Crippen LogP contribution in [0.15, 0.2) is 0 Å². The Hall–Kier alpha value is -1.19. The Kier molecular flexibility index (Phi) is 17.4. The third-order valence-electron chi connectivity index (χ3n) is 7.19. The van der Waals surface area contributed by atoms with Crippen molar-refractivity contribution < 1.29 is 14.4 Å². The molecule has 0 aromatic rings. The van der Waals surface area contributed by atoms with Gasteiger partial charge in [-0.05, 0) is 58.3 Å². The highest BCUT2D eigenvalue weighted by atomic mass is 16.1. The minimum Gasteiger partial charge on any atom is -0.356 e. The molecule has 186 valence electrons. The summed E-state index contributed by atoms with van der Waals surface area (Å²) in [6.45, 7) is 4.19. The van der Waals surface area contributed by atoms with Crippen LogP contribution in [0.25, 0.3) is 0 Å². The molecule has 0 aromatic heterocycles. The molecule has 1 aliphatic carbocycles. The third-order valence-corrected chi connectivity index (χ3v) is 7.19. The first-order valence-corrected chi connectivity index (χ1v) is 13.8. The fourth-order valence-electron chi connectivity index (χ4n) is 4.90. The molecule has 0 atom stereocenters. The molecular weight excluding hydrogens is 398 g/mol. The summed E-state index contributed by atoms with van der Waals surface area (Å²) < 4.78 is 0. The van der Waals surface area contributed by atoms with Gasteiger partial charge >= 0.3 is 0 Å². The minimum atomic E-state index is 0.206. The van der Waals surface area contributed by atoms with Crippen molar-refractivity contribution in [1.29, 1.82) is 0 Å². The van der Waals surface area contributed by atoms with Crippen molar-refractivity contribution in [2.24, 2.45) is 11.8 Å². The van der Waals surface area contributed by atoms with Gasteiger partial charge in [-0.15, -0.1) is 0 Å². The van der Waals surface area contributed by atoms with E-state index >= 15 is 0 Å². The van der Waals surface area contributed by atoms with Crippen LogP contribution >= 0.6 is 0 Å². The fourth-order valence-corrected chi connectivity index (χ4v) is 4.90. The van der Waals surface area contributed by atoms with Crippen molar-refractivity contribution in [3.8, 4) is 0 Å². The Morgan fingerprint density at radius 2 is 1.00 bits per heavy atom. The van der Waals surface area contributed by atoms with E-state index in [0.717, 1.165) is 51.5 Å². The summed E-state index contributed by atoms with van der Waals surface area (Å²) in [5, 5.41) is 3.11. The molecule has 0 aromatic carbocycles. The van der Waals surface area contributed by atoms with Crippen LogP contribution in [-0.2, 0) is 14.4 Å². The molecule has 0 bridgehead atoms. The van der Waals surface area contributed by atoms with Gasteiger partial charge in [-0.25, -0.2) is 0 Å². The zero-order valence-corrected chi connectivity index (χ0v) is 21.2. The number of hydrogen-bond donors (Lipinski definition) is 1. The maximum atomic E-state index is 12.0. The van der Waals surface area contributed by atoms with Crippen LogP contribution in [0.2, 0.25) is 0 Å². The van der Waals surface area contributed by atoms with E-state index in [9.17, 15) is 14.4 Å². The SMILES string of the molecule is CC(=O)CCCCCCCCCCCCCCCCC(=O)NC[C@H]1CC[C@H](C(C)=O)CC1. The van der Waals surface area contributed by atoms with Gasteiger partial charge in [-0.3, -0.25) is 9.59 Å². The minimum absolute atomic E-state index is 0.206. The molecular formula is C28H51NO3. The average molecular weight is 450 g/mol. The quantitative estimate of drug-likeness (QED) is 0.198. The molecule has 32 heavy (non-hydrogen) atoms. The van der Waals surface area contributed by atoms with E-state index in [0.29, 0.717) is 23.9 Å². The van der Waals surface area contributed by atoms with Crippen LogP contribution < -0.4 is 5.32 Å². The summed E-state index contributed by atoms with van der Waals surface area (Å²) in [7, 11) is 0. The second-order valence-corrected chi connectivity index (χ2v) is 10.3. The third kappa shape index (κ3) is 16.4. The molecule has 0 spiro atoms. The smallest absolute Gasteiger partial charge is 0.220 e. The van der Waals surface area contributed by atoms with E-state index in [-0.39, 0.29) is 11.8 Å². The number of amides is 1. The van der Waals surface area contributed by atoms with Crippen LogP contribution in [0.1, 0.15) is 142 Å². The Bertz CT molecular complexity index is 509. The van der Waals surface area contributed by atoms with E-state index < -0.39 is 0 Å². The number of carbonyl (C=O) groups excluding carboxylic acids is 3. The standard InChI is InChI=1S/C28H51NO3/c1-24(30)17-15-13-11-9-7-5-3-4-6-8-10-12-14-16-18-28(32)29-23-26-19-21-27(22-20-26)25(2)31/h26-27H,3-23H2,1-2H3,(H,29,32)/t26-,27-. The summed E-state index contributed by atoms with van der Waals surface area (Å²) >= 11 is 0. The van der Waals surface area contributed by atoms with Crippen molar-refractivity contribution in [2.45, 2.75) is 142 Å². The molecule has 1 rings (SSSR count). The highest BCUT2D eigenvalue weighted by Gasteiger charge is 2.23. The molecule has 1 N–H and O–H groups in total. The van der Waals surface area contributed by atoms with Crippen LogP contribution in [0, 0.1) is 11.8 Å². The summed E-state index contributed by atoms with van der Waals surface area (Å²) in [6, 6.07) is 0. The number of Topliss-reactive ketones (excluding diaryl/α,β-unsaturated/α-hetero) is 2. The van der Waals surface area contributed by atoms with Crippen molar-refractivity contribution in [3.63, 3.8) is 0 Å². The summed E-state index contributed by atoms with van der Waals surface area (Å²) in [5.41, 5.74) is 0. The van der Waals surface area contributed by atoms with Crippen molar-refractivity contribution in [1.82, 2.24) is 5.32 Å². The highest BCUT2D eigenvalue weighted by molar-refractivity contribution is 5.78. The first kappa shape index (κ1) is 28.8. The van der Waals surface area contributed by atoms with Gasteiger partial charge in [-0.1, -0.05) is 77.0 Å². The maximum absolute atomic E-state index is 12.0. The number of rotatable bonds is 20. The molecule has 4 heteroatoms. The maximum Gasteiger partial charge on any atom is 0.220 e. The predicted molar refractivity (Wildman–Crippen MR) is 134 cm³/mol. The fraction of sp³-hybridized carbons (Fsp3) is 0.893. The zero-order valence-electron chi connectivity index (χ0n) is 21.2. The van der Waals surface area contributed by atoms with Crippen molar-refractivity contribution in [2.75, 3.05) is 6.54 Å². The number of hydrogen-bond acceptors (Lipinski definition) is 3. The summed E-state index contributed by atoms with van der Waals surface area (Å²) in [6.07, 6.45) is 23.3. The molecule has 0 radical (unpaired) electrons. The molecule has 1 amide bonds. The highest BCUT2D eigenvalue weighted by Crippen LogP contribution is 2.28. The monoisotopic (exact) mass is 449 g/mol. The van der Waals surface area contributed by atoms with Gasteiger partial charge in [-0.2, -0.15) is 0 Å². The van der Waals surface area contributed by atoms with Crippen molar-refractivity contribution in [3.05, 3.63) is 0 Å². The van der Waals surface area contributed by atoms with Gasteiger partial charge in [0.2, 0.25) is 5.91 Å². The van der Waals surface area contributed by atoms with Gasteiger partial charge in [0.25, 0.3) is 0 Å². The lowest BCUT2D eigenvalue weighted by Crippen LogP contribution is -2.32. The van der Waals surface area contributed by atoms with Gasteiger partial charge < -0.3 is 10.1 Å². The molecule has 1 fully saturated rings. The molecule has 1 saturated carbocycles. The largest absolute Gasteiger partial charge is 0.356 e. The molecule has 0 saturated heterocycles. The average Bonchev–Trinajstić information content (AvgIpc) is 2.77. The van der Waals surface area contributed by atoms with E-state index in [1.165, 1.54) is 77.0 Å². The van der Waals surface area contributed by atoms with Gasteiger partial charge in [0.05, 0.1) is 0 Å². The number of carbonyl (C=O) groups is 3. The van der Waals surface area contributed by atoms with Gasteiger partial charge in [0.1, 0.15) is 11.6 Å². The van der Waals surface area contributed by atoms with Crippen LogP contribution in [0.4, 0.5) is 0 Å². The lowest BCUT2D eigenvalue weighted by atomic mass is 9.80. The molecule has 4 nitrogen and oxygen atoms in total. The molecule has 0 unspecified atom stereocenters. The summed E-state index contributed by atoms with van der Waals surface area (Å²) in [4.78, 5) is 34.3. The molecule has 1 aliphatic rings. The Morgan fingerprint density at radius 3 is 1.41 bits per heavy atom. The second kappa shape index (κ2) is 19.3. The van der Waals surface area contributed by atoms with E-state index in [4.69, 9.17) is 0 Å². The normalized spacial score (nSPS) is 18.4. The number of nitrogens with one attached hydrogen (secondary N) is 1. The van der Waals surface area contributed by atoms with Gasteiger partial charge in [0.15, 0.2) is 0 Å². The predicted octanol–water partition coefficient (Wildman–Crippen LogP) is 7.33. The van der Waals surface area contributed by atoms with Crippen LogP contribution in [0.5, 0.6) is 0 Å². The van der Waals surface area contributed by atoms with E-state index in [1.54, 1.807) is 13.8 Å². The van der Waals surface area contributed by atoms with E-state index in [2.05, 4.69) is 5.32 Å². The molecule has 0 heterocycles. The number of ketones is 2. The Balaban J connectivity index is 1.78. The topological polar surface area (TPSA) is 63.2 Å².